The third kappa shape index (κ3) is 5.38. The van der Waals surface area contributed by atoms with E-state index < -0.39 is 35.7 Å². The van der Waals surface area contributed by atoms with Crippen LogP contribution in [-0.4, -0.2) is 44.3 Å². The van der Waals surface area contributed by atoms with Gasteiger partial charge in [0, 0.05) is 0 Å². The first kappa shape index (κ1) is 19.1. The highest BCUT2D eigenvalue weighted by Crippen LogP contribution is 2.36. The molecule has 2 rings (SSSR count). The maximum atomic E-state index is 11.2. The smallest absolute Gasteiger partial charge is 0.311 e. The van der Waals surface area contributed by atoms with Gasteiger partial charge in [0.05, 0.1) is 24.7 Å². The van der Waals surface area contributed by atoms with Crippen LogP contribution in [0.4, 0.5) is 0 Å². The van der Waals surface area contributed by atoms with Crippen LogP contribution in [-0.2, 0) is 25.6 Å². The molecule has 0 radical (unpaired) electrons. The molecule has 4 N–H and O–H groups in total. The summed E-state index contributed by atoms with van der Waals surface area (Å²) in [5.74, 6) is -5.96. The van der Waals surface area contributed by atoms with Crippen LogP contribution in [0.5, 0.6) is 0 Å². The minimum atomic E-state index is -1.08. The van der Waals surface area contributed by atoms with Crippen molar-refractivity contribution in [2.75, 3.05) is 0 Å². The Hall–Kier alpha value is -2.90. The van der Waals surface area contributed by atoms with E-state index in [9.17, 15) is 19.2 Å². The third-order valence-electron chi connectivity index (χ3n) is 3.65. The van der Waals surface area contributed by atoms with E-state index >= 15 is 0 Å². The van der Waals surface area contributed by atoms with Crippen molar-refractivity contribution >= 4 is 23.9 Å². The predicted octanol–water partition coefficient (Wildman–Crippen LogP) is 1.44. The number of hydrogen-bond donors (Lipinski definition) is 4. The number of aryl methyl sites for hydroxylation is 1. The SMILES string of the molecule is O=C(O)C1CCc2ccccc2C1C(=O)O.O=C(O)CCC(=O)O. The molecule has 130 valence electrons. The Labute approximate surface area is 137 Å². The maximum Gasteiger partial charge on any atom is 0.311 e. The third-order valence-corrected chi connectivity index (χ3v) is 3.65. The number of hydrogen-bond acceptors (Lipinski definition) is 4. The lowest BCUT2D eigenvalue weighted by Gasteiger charge is -2.27. The zero-order valence-electron chi connectivity index (χ0n) is 12.7. The molecule has 1 aromatic rings. The Morgan fingerprint density at radius 2 is 1.42 bits per heavy atom. The fraction of sp³-hybridized carbons (Fsp3) is 0.375. The van der Waals surface area contributed by atoms with Crippen molar-refractivity contribution in [2.45, 2.75) is 31.6 Å². The first-order chi connectivity index (χ1) is 11.2. The minimum absolute atomic E-state index is 0.296. The molecular weight excluding hydrogens is 320 g/mol. The molecule has 8 nitrogen and oxygen atoms in total. The van der Waals surface area contributed by atoms with Crippen molar-refractivity contribution in [3.63, 3.8) is 0 Å². The predicted molar refractivity (Wildman–Crippen MR) is 80.8 cm³/mol. The van der Waals surface area contributed by atoms with Gasteiger partial charge in [0.1, 0.15) is 0 Å². The summed E-state index contributed by atoms with van der Waals surface area (Å²) in [6.45, 7) is 0. The van der Waals surface area contributed by atoms with Gasteiger partial charge in [0.2, 0.25) is 0 Å². The summed E-state index contributed by atoms with van der Waals surface area (Å²) in [5, 5.41) is 34.0. The molecule has 0 aliphatic heterocycles. The van der Waals surface area contributed by atoms with Gasteiger partial charge in [-0.15, -0.1) is 0 Å². The molecule has 0 saturated heterocycles. The van der Waals surface area contributed by atoms with E-state index in [0.29, 0.717) is 18.4 Å². The second kappa shape index (κ2) is 8.66. The van der Waals surface area contributed by atoms with E-state index in [0.717, 1.165) is 5.56 Å². The Bertz CT molecular complexity index is 623. The van der Waals surface area contributed by atoms with Crippen LogP contribution in [0.2, 0.25) is 0 Å². The summed E-state index contributed by atoms with van der Waals surface area (Å²) in [6.07, 6.45) is 0.435. The van der Waals surface area contributed by atoms with Crippen LogP contribution in [0.3, 0.4) is 0 Å². The standard InChI is InChI=1S/C12H12O4.C4H6O4/c13-11(14)9-6-5-7-3-1-2-4-8(7)10(9)12(15)16;5-3(6)1-2-4(7)8/h1-4,9-10H,5-6H2,(H,13,14)(H,15,16);1-2H2,(H,5,6)(H,7,8). The van der Waals surface area contributed by atoms with Gasteiger partial charge in [-0.05, 0) is 24.0 Å². The Morgan fingerprint density at radius 3 is 1.88 bits per heavy atom. The number of fused-ring (bicyclic) bond motifs is 1. The highest BCUT2D eigenvalue weighted by atomic mass is 16.4. The Balaban J connectivity index is 0.000000307. The Morgan fingerprint density at radius 1 is 0.875 bits per heavy atom. The van der Waals surface area contributed by atoms with Gasteiger partial charge in [-0.3, -0.25) is 19.2 Å². The van der Waals surface area contributed by atoms with Crippen molar-refractivity contribution < 1.29 is 39.6 Å². The minimum Gasteiger partial charge on any atom is -0.481 e. The van der Waals surface area contributed by atoms with E-state index in [1.807, 2.05) is 12.1 Å². The Kier molecular flexibility index (Phi) is 6.91. The molecule has 1 aliphatic carbocycles. The molecule has 0 amide bonds. The van der Waals surface area contributed by atoms with Gasteiger partial charge in [-0.2, -0.15) is 0 Å². The van der Waals surface area contributed by atoms with Crippen molar-refractivity contribution in [3.8, 4) is 0 Å². The van der Waals surface area contributed by atoms with Gasteiger partial charge < -0.3 is 20.4 Å². The van der Waals surface area contributed by atoms with Crippen molar-refractivity contribution in [3.05, 3.63) is 35.4 Å². The molecule has 2 atom stereocenters. The maximum absolute atomic E-state index is 11.2. The molecule has 24 heavy (non-hydrogen) atoms. The number of carboxylic acids is 4. The van der Waals surface area contributed by atoms with Gasteiger partial charge in [-0.1, -0.05) is 24.3 Å². The summed E-state index contributed by atoms with van der Waals surface area (Å²) in [6, 6.07) is 7.17. The molecule has 1 aliphatic rings. The normalized spacial score (nSPS) is 18.5. The molecule has 2 unspecified atom stereocenters. The van der Waals surface area contributed by atoms with E-state index in [2.05, 4.69) is 0 Å². The summed E-state index contributed by atoms with van der Waals surface area (Å²) >= 11 is 0. The average molecular weight is 338 g/mol. The van der Waals surface area contributed by atoms with Crippen LogP contribution in [0.25, 0.3) is 0 Å². The van der Waals surface area contributed by atoms with E-state index in [4.69, 9.17) is 20.4 Å². The largest absolute Gasteiger partial charge is 0.481 e. The molecule has 0 fully saturated rings. The second-order valence-electron chi connectivity index (χ2n) is 5.29. The zero-order valence-corrected chi connectivity index (χ0v) is 12.7. The molecule has 1 aromatic carbocycles. The van der Waals surface area contributed by atoms with E-state index in [-0.39, 0.29) is 12.8 Å². The monoisotopic (exact) mass is 338 g/mol. The summed E-state index contributed by atoms with van der Waals surface area (Å²) in [7, 11) is 0. The molecule has 0 heterocycles. The van der Waals surface area contributed by atoms with Crippen molar-refractivity contribution in [2.24, 2.45) is 5.92 Å². The van der Waals surface area contributed by atoms with Crippen LogP contribution in [0.15, 0.2) is 24.3 Å². The number of rotatable bonds is 5. The first-order valence-corrected chi connectivity index (χ1v) is 7.21. The van der Waals surface area contributed by atoms with Gasteiger partial charge in [0.15, 0.2) is 0 Å². The summed E-state index contributed by atoms with van der Waals surface area (Å²) in [5.41, 5.74) is 1.60. The molecule has 8 heteroatoms. The van der Waals surface area contributed by atoms with Crippen LogP contribution >= 0.6 is 0 Å². The number of carboxylic acid groups (broad SMARTS) is 4. The highest BCUT2D eigenvalue weighted by molar-refractivity contribution is 5.85. The fourth-order valence-electron chi connectivity index (χ4n) is 2.54. The number of benzene rings is 1. The molecule has 0 saturated carbocycles. The summed E-state index contributed by atoms with van der Waals surface area (Å²) < 4.78 is 0. The molecule has 0 bridgehead atoms. The second-order valence-corrected chi connectivity index (χ2v) is 5.29. The fourth-order valence-corrected chi connectivity index (χ4v) is 2.54. The van der Waals surface area contributed by atoms with Crippen molar-refractivity contribution in [1.82, 2.24) is 0 Å². The highest BCUT2D eigenvalue weighted by Gasteiger charge is 2.38. The molecule has 0 spiro atoms. The van der Waals surface area contributed by atoms with Crippen LogP contribution in [0, 0.1) is 5.92 Å². The average Bonchev–Trinajstić information content (AvgIpc) is 2.52. The first-order valence-electron chi connectivity index (χ1n) is 7.21. The molecule has 0 aromatic heterocycles. The lowest BCUT2D eigenvalue weighted by molar-refractivity contribution is -0.150. The molecular formula is C16H18O8. The topological polar surface area (TPSA) is 149 Å². The lowest BCUT2D eigenvalue weighted by atomic mass is 9.75. The van der Waals surface area contributed by atoms with Crippen LogP contribution in [0.1, 0.15) is 36.3 Å². The summed E-state index contributed by atoms with van der Waals surface area (Å²) in [4.78, 5) is 41.5. The van der Waals surface area contributed by atoms with Gasteiger partial charge in [0.25, 0.3) is 0 Å². The van der Waals surface area contributed by atoms with E-state index in [1.165, 1.54) is 0 Å². The van der Waals surface area contributed by atoms with E-state index in [1.54, 1.807) is 12.1 Å². The quantitative estimate of drug-likeness (QED) is 0.630. The number of aliphatic carboxylic acids is 4. The lowest BCUT2D eigenvalue weighted by Crippen LogP contribution is -2.32. The van der Waals surface area contributed by atoms with Crippen molar-refractivity contribution in [1.29, 1.82) is 0 Å². The van der Waals surface area contributed by atoms with Gasteiger partial charge >= 0.3 is 23.9 Å². The zero-order chi connectivity index (χ0) is 18.3. The number of carbonyl (C=O) groups is 4. The van der Waals surface area contributed by atoms with Gasteiger partial charge in [-0.25, -0.2) is 0 Å². The van der Waals surface area contributed by atoms with Crippen LogP contribution < -0.4 is 0 Å².